The van der Waals surface area contributed by atoms with E-state index >= 15 is 0 Å². The fourth-order valence-corrected chi connectivity index (χ4v) is 2.25. The second kappa shape index (κ2) is 7.66. The van der Waals surface area contributed by atoms with Crippen LogP contribution in [0.5, 0.6) is 0 Å². The highest BCUT2D eigenvalue weighted by Gasteiger charge is 2.12. The molecular formula is C17H30N2. The molecule has 2 heteroatoms. The highest BCUT2D eigenvalue weighted by atomic mass is 15.1. The van der Waals surface area contributed by atoms with Gasteiger partial charge < -0.3 is 5.73 Å². The third-order valence-electron chi connectivity index (χ3n) is 3.62. The SMILES string of the molecule is CC(C)CN(Cc1ccc(C(C)CN)cc1)C(C)C. The van der Waals surface area contributed by atoms with E-state index < -0.39 is 0 Å². The molecule has 0 fully saturated rings. The lowest BCUT2D eigenvalue weighted by Gasteiger charge is -2.28. The van der Waals surface area contributed by atoms with Crippen molar-refractivity contribution in [1.29, 1.82) is 0 Å². The molecule has 1 aromatic carbocycles. The molecule has 0 saturated carbocycles. The molecule has 0 aromatic heterocycles. The van der Waals surface area contributed by atoms with E-state index in [4.69, 9.17) is 5.73 Å². The van der Waals surface area contributed by atoms with E-state index in [0.29, 0.717) is 24.4 Å². The monoisotopic (exact) mass is 262 g/mol. The Morgan fingerprint density at radius 1 is 1.00 bits per heavy atom. The van der Waals surface area contributed by atoms with Crippen LogP contribution in [-0.4, -0.2) is 24.0 Å². The summed E-state index contributed by atoms with van der Waals surface area (Å²) < 4.78 is 0. The highest BCUT2D eigenvalue weighted by molar-refractivity contribution is 5.25. The maximum atomic E-state index is 5.71. The summed E-state index contributed by atoms with van der Waals surface area (Å²) >= 11 is 0. The first kappa shape index (κ1) is 16.2. The molecule has 0 aliphatic heterocycles. The molecule has 1 rings (SSSR count). The van der Waals surface area contributed by atoms with E-state index in [1.807, 2.05) is 0 Å². The molecule has 0 radical (unpaired) electrons. The summed E-state index contributed by atoms with van der Waals surface area (Å²) in [5, 5.41) is 0. The predicted octanol–water partition coefficient (Wildman–Crippen LogP) is 3.62. The van der Waals surface area contributed by atoms with Gasteiger partial charge in [-0.05, 0) is 43.4 Å². The molecule has 1 unspecified atom stereocenters. The Kier molecular flexibility index (Phi) is 6.53. The van der Waals surface area contributed by atoms with Gasteiger partial charge in [0.25, 0.3) is 0 Å². The average molecular weight is 262 g/mol. The third-order valence-corrected chi connectivity index (χ3v) is 3.62. The fraction of sp³-hybridized carbons (Fsp3) is 0.647. The van der Waals surface area contributed by atoms with Gasteiger partial charge in [-0.25, -0.2) is 0 Å². The van der Waals surface area contributed by atoms with Gasteiger partial charge in [-0.2, -0.15) is 0 Å². The van der Waals surface area contributed by atoms with E-state index in [2.05, 4.69) is 63.8 Å². The van der Waals surface area contributed by atoms with Crippen LogP contribution in [0.25, 0.3) is 0 Å². The molecule has 0 amide bonds. The standard InChI is InChI=1S/C17H30N2/c1-13(2)11-19(14(3)4)12-16-6-8-17(9-7-16)15(5)10-18/h6-9,13-15H,10-12,18H2,1-5H3. The van der Waals surface area contributed by atoms with Gasteiger partial charge in [0.05, 0.1) is 0 Å². The summed E-state index contributed by atoms with van der Waals surface area (Å²) in [5.41, 5.74) is 8.44. The van der Waals surface area contributed by atoms with Crippen LogP contribution in [0.15, 0.2) is 24.3 Å². The molecule has 0 heterocycles. The maximum Gasteiger partial charge on any atom is 0.0236 e. The summed E-state index contributed by atoms with van der Waals surface area (Å²) in [6.07, 6.45) is 0. The van der Waals surface area contributed by atoms with Gasteiger partial charge in [0, 0.05) is 19.1 Å². The first-order chi connectivity index (χ1) is 8.93. The lowest BCUT2D eigenvalue weighted by Crippen LogP contribution is -2.33. The quantitative estimate of drug-likeness (QED) is 0.813. The largest absolute Gasteiger partial charge is 0.330 e. The molecule has 0 aliphatic rings. The zero-order valence-electron chi connectivity index (χ0n) is 13.2. The first-order valence-corrected chi connectivity index (χ1v) is 7.47. The molecule has 0 aliphatic carbocycles. The van der Waals surface area contributed by atoms with Crippen LogP contribution in [0.2, 0.25) is 0 Å². The molecule has 108 valence electrons. The Morgan fingerprint density at radius 3 is 2.00 bits per heavy atom. The van der Waals surface area contributed by atoms with Crippen molar-refractivity contribution >= 4 is 0 Å². The number of rotatable bonds is 7. The van der Waals surface area contributed by atoms with E-state index in [0.717, 1.165) is 13.1 Å². The van der Waals surface area contributed by atoms with Crippen LogP contribution in [0, 0.1) is 5.92 Å². The smallest absolute Gasteiger partial charge is 0.0236 e. The fourth-order valence-electron chi connectivity index (χ4n) is 2.25. The predicted molar refractivity (Wildman–Crippen MR) is 84.3 cm³/mol. The number of benzene rings is 1. The average Bonchev–Trinajstić information content (AvgIpc) is 2.37. The van der Waals surface area contributed by atoms with Crippen molar-refractivity contribution in [3.8, 4) is 0 Å². The minimum atomic E-state index is 0.450. The molecule has 2 N–H and O–H groups in total. The molecule has 2 nitrogen and oxygen atoms in total. The minimum absolute atomic E-state index is 0.450. The lowest BCUT2D eigenvalue weighted by atomic mass is 10.00. The number of nitrogens with two attached hydrogens (primary N) is 1. The Morgan fingerprint density at radius 2 is 1.58 bits per heavy atom. The van der Waals surface area contributed by atoms with E-state index in [1.54, 1.807) is 0 Å². The summed E-state index contributed by atoms with van der Waals surface area (Å²) in [4.78, 5) is 2.53. The van der Waals surface area contributed by atoms with Gasteiger partial charge >= 0.3 is 0 Å². The van der Waals surface area contributed by atoms with E-state index in [1.165, 1.54) is 11.1 Å². The zero-order chi connectivity index (χ0) is 14.4. The Balaban J connectivity index is 2.69. The summed E-state index contributed by atoms with van der Waals surface area (Å²) in [6, 6.07) is 9.53. The van der Waals surface area contributed by atoms with Crippen molar-refractivity contribution in [3.05, 3.63) is 35.4 Å². The van der Waals surface area contributed by atoms with Crippen LogP contribution in [-0.2, 0) is 6.54 Å². The molecule has 19 heavy (non-hydrogen) atoms. The molecule has 1 atom stereocenters. The van der Waals surface area contributed by atoms with Crippen molar-refractivity contribution in [2.45, 2.75) is 53.1 Å². The maximum absolute atomic E-state index is 5.71. The van der Waals surface area contributed by atoms with Crippen LogP contribution < -0.4 is 5.73 Å². The number of nitrogens with zero attached hydrogens (tertiary/aromatic N) is 1. The molecule has 0 saturated heterocycles. The first-order valence-electron chi connectivity index (χ1n) is 7.47. The second-order valence-electron chi connectivity index (χ2n) is 6.30. The van der Waals surface area contributed by atoms with Crippen molar-refractivity contribution < 1.29 is 0 Å². The summed E-state index contributed by atoms with van der Waals surface area (Å²) in [5.74, 6) is 1.16. The summed E-state index contributed by atoms with van der Waals surface area (Å²) in [7, 11) is 0. The van der Waals surface area contributed by atoms with Crippen LogP contribution >= 0.6 is 0 Å². The Hall–Kier alpha value is -0.860. The van der Waals surface area contributed by atoms with Crippen LogP contribution in [0.3, 0.4) is 0 Å². The van der Waals surface area contributed by atoms with Crippen molar-refractivity contribution in [3.63, 3.8) is 0 Å². The Labute approximate surface area is 119 Å². The number of hydrogen-bond donors (Lipinski definition) is 1. The van der Waals surface area contributed by atoms with Gasteiger partial charge in [0.1, 0.15) is 0 Å². The topological polar surface area (TPSA) is 29.3 Å². The van der Waals surface area contributed by atoms with Crippen LogP contribution in [0.4, 0.5) is 0 Å². The van der Waals surface area contributed by atoms with E-state index in [-0.39, 0.29) is 0 Å². The van der Waals surface area contributed by atoms with Gasteiger partial charge in [-0.3, -0.25) is 4.90 Å². The van der Waals surface area contributed by atoms with Gasteiger partial charge in [0.15, 0.2) is 0 Å². The zero-order valence-corrected chi connectivity index (χ0v) is 13.2. The number of hydrogen-bond acceptors (Lipinski definition) is 2. The van der Waals surface area contributed by atoms with Gasteiger partial charge in [-0.15, -0.1) is 0 Å². The van der Waals surface area contributed by atoms with Crippen molar-refractivity contribution in [2.24, 2.45) is 11.7 Å². The molecular weight excluding hydrogens is 232 g/mol. The van der Waals surface area contributed by atoms with Crippen molar-refractivity contribution in [2.75, 3.05) is 13.1 Å². The highest BCUT2D eigenvalue weighted by Crippen LogP contribution is 2.16. The Bertz CT molecular complexity index is 354. The third kappa shape index (κ3) is 5.33. The van der Waals surface area contributed by atoms with Gasteiger partial charge in [0.2, 0.25) is 0 Å². The van der Waals surface area contributed by atoms with Gasteiger partial charge in [-0.1, -0.05) is 45.0 Å². The molecule has 0 bridgehead atoms. The second-order valence-corrected chi connectivity index (χ2v) is 6.30. The minimum Gasteiger partial charge on any atom is -0.330 e. The lowest BCUT2D eigenvalue weighted by molar-refractivity contribution is 0.189. The summed E-state index contributed by atoms with van der Waals surface area (Å²) in [6.45, 7) is 14.2. The normalized spacial score (nSPS) is 13.5. The van der Waals surface area contributed by atoms with E-state index in [9.17, 15) is 0 Å². The van der Waals surface area contributed by atoms with Crippen LogP contribution in [0.1, 0.15) is 51.7 Å². The molecule has 1 aromatic rings. The van der Waals surface area contributed by atoms with Crippen molar-refractivity contribution in [1.82, 2.24) is 4.90 Å². The molecule has 0 spiro atoms.